The minimum atomic E-state index is 0.438. The molecule has 0 aliphatic heterocycles. The van der Waals surface area contributed by atoms with Gasteiger partial charge < -0.3 is 4.52 Å². The Kier molecular flexibility index (Phi) is 2.68. The fraction of sp³-hybridized carbons (Fsp3) is 0.0909. The first-order chi connectivity index (χ1) is 7.22. The summed E-state index contributed by atoms with van der Waals surface area (Å²) in [4.78, 5) is 10.8. The van der Waals surface area contributed by atoms with Crippen LogP contribution in [0.25, 0.3) is 11.3 Å². The van der Waals surface area contributed by atoms with Gasteiger partial charge in [0.1, 0.15) is 0 Å². The van der Waals surface area contributed by atoms with E-state index in [1.54, 1.807) is 0 Å². The van der Waals surface area contributed by atoms with Crippen LogP contribution in [0.5, 0.6) is 0 Å². The van der Waals surface area contributed by atoms with E-state index in [4.69, 9.17) is 4.52 Å². The van der Waals surface area contributed by atoms with Crippen LogP contribution in [0.4, 0.5) is 0 Å². The molecular formula is C11H8BrNO2. The van der Waals surface area contributed by atoms with Crippen molar-refractivity contribution >= 4 is 22.2 Å². The number of carbonyl (C=O) groups excluding carboxylic acids is 1. The molecule has 0 amide bonds. The third-order valence-electron chi connectivity index (χ3n) is 2.12. The van der Waals surface area contributed by atoms with Gasteiger partial charge in [0.15, 0.2) is 16.6 Å². The van der Waals surface area contributed by atoms with E-state index in [1.807, 2.05) is 31.2 Å². The fourth-order valence-electron chi connectivity index (χ4n) is 1.29. The summed E-state index contributed by atoms with van der Waals surface area (Å²) < 4.78 is 5.52. The van der Waals surface area contributed by atoms with Crippen LogP contribution in [0.1, 0.15) is 15.9 Å². The first-order valence-electron chi connectivity index (χ1n) is 4.40. The number of carbonyl (C=O) groups is 1. The molecule has 0 bridgehead atoms. The van der Waals surface area contributed by atoms with Gasteiger partial charge in [0.2, 0.25) is 0 Å². The highest BCUT2D eigenvalue weighted by atomic mass is 79.9. The molecule has 3 nitrogen and oxygen atoms in total. The normalized spacial score (nSPS) is 10.3. The molecule has 0 aliphatic carbocycles. The van der Waals surface area contributed by atoms with Crippen LogP contribution < -0.4 is 0 Å². The first-order valence-corrected chi connectivity index (χ1v) is 5.19. The lowest BCUT2D eigenvalue weighted by atomic mass is 10.1. The number of aromatic nitrogens is 1. The van der Waals surface area contributed by atoms with Gasteiger partial charge >= 0.3 is 0 Å². The Bertz CT molecular complexity index is 488. The predicted molar refractivity (Wildman–Crippen MR) is 59.8 cm³/mol. The number of nitrogens with zero attached hydrogens (tertiary/aromatic N) is 1. The van der Waals surface area contributed by atoms with Crippen molar-refractivity contribution in [3.63, 3.8) is 0 Å². The Morgan fingerprint density at radius 3 is 2.60 bits per heavy atom. The van der Waals surface area contributed by atoms with Gasteiger partial charge in [0.25, 0.3) is 0 Å². The van der Waals surface area contributed by atoms with Crippen molar-refractivity contribution in [2.75, 3.05) is 0 Å². The minimum absolute atomic E-state index is 0.438. The van der Waals surface area contributed by atoms with Crippen LogP contribution >= 0.6 is 15.9 Å². The third kappa shape index (κ3) is 1.85. The van der Waals surface area contributed by atoms with E-state index in [2.05, 4.69) is 21.1 Å². The number of hydrogen-bond acceptors (Lipinski definition) is 3. The number of benzene rings is 1. The van der Waals surface area contributed by atoms with Gasteiger partial charge in [-0.15, -0.1) is 0 Å². The van der Waals surface area contributed by atoms with E-state index in [0.717, 1.165) is 17.4 Å². The molecule has 1 aromatic carbocycles. The van der Waals surface area contributed by atoms with E-state index in [-0.39, 0.29) is 0 Å². The van der Waals surface area contributed by atoms with Crippen LogP contribution in [0.15, 0.2) is 33.4 Å². The van der Waals surface area contributed by atoms with Gasteiger partial charge in [-0.2, -0.15) is 0 Å². The molecule has 76 valence electrons. The van der Waals surface area contributed by atoms with E-state index in [1.165, 1.54) is 0 Å². The first kappa shape index (κ1) is 10.1. The molecule has 0 atom stereocenters. The average Bonchev–Trinajstić information content (AvgIpc) is 2.61. The largest absolute Gasteiger partial charge is 0.354 e. The fourth-order valence-corrected chi connectivity index (χ4v) is 1.64. The second kappa shape index (κ2) is 3.98. The van der Waals surface area contributed by atoms with Crippen molar-refractivity contribution in [1.82, 2.24) is 5.16 Å². The zero-order valence-corrected chi connectivity index (χ0v) is 9.61. The lowest BCUT2D eigenvalue weighted by molar-refractivity contribution is 0.112. The molecule has 0 spiro atoms. The van der Waals surface area contributed by atoms with E-state index < -0.39 is 0 Å². The summed E-state index contributed by atoms with van der Waals surface area (Å²) in [7, 11) is 0. The zero-order chi connectivity index (χ0) is 10.8. The highest BCUT2D eigenvalue weighted by molar-refractivity contribution is 9.10. The molecule has 2 aromatic rings. The van der Waals surface area contributed by atoms with E-state index >= 15 is 0 Å². The molecule has 1 aromatic heterocycles. The molecule has 0 N–H and O–H groups in total. The monoisotopic (exact) mass is 265 g/mol. The topological polar surface area (TPSA) is 43.1 Å². The Morgan fingerprint density at radius 2 is 2.00 bits per heavy atom. The molecular weight excluding hydrogens is 258 g/mol. The van der Waals surface area contributed by atoms with Crippen LogP contribution in [0.3, 0.4) is 0 Å². The number of rotatable bonds is 2. The van der Waals surface area contributed by atoms with Gasteiger partial charge in [-0.3, -0.25) is 4.79 Å². The zero-order valence-electron chi connectivity index (χ0n) is 8.03. The van der Waals surface area contributed by atoms with Crippen LogP contribution in [-0.2, 0) is 0 Å². The van der Waals surface area contributed by atoms with Crippen molar-refractivity contribution in [1.29, 1.82) is 0 Å². The van der Waals surface area contributed by atoms with E-state index in [9.17, 15) is 4.79 Å². The van der Waals surface area contributed by atoms with Crippen molar-refractivity contribution in [3.05, 3.63) is 40.0 Å². The quantitative estimate of drug-likeness (QED) is 0.784. The van der Waals surface area contributed by atoms with Crippen molar-refractivity contribution in [3.8, 4) is 11.3 Å². The second-order valence-corrected chi connectivity index (χ2v) is 3.95. The number of aryl methyl sites for hydroxylation is 1. The number of hydrogen-bond donors (Lipinski definition) is 0. The van der Waals surface area contributed by atoms with Crippen molar-refractivity contribution in [2.45, 2.75) is 6.92 Å². The van der Waals surface area contributed by atoms with Crippen LogP contribution in [-0.4, -0.2) is 11.4 Å². The van der Waals surface area contributed by atoms with Crippen LogP contribution in [0, 0.1) is 6.92 Å². The van der Waals surface area contributed by atoms with Gasteiger partial charge in [-0.25, -0.2) is 0 Å². The molecule has 15 heavy (non-hydrogen) atoms. The summed E-state index contributed by atoms with van der Waals surface area (Å²) in [6.07, 6.45) is 0.732. The second-order valence-electron chi connectivity index (χ2n) is 3.20. The molecule has 0 unspecified atom stereocenters. The summed E-state index contributed by atoms with van der Waals surface area (Å²) in [5.41, 5.74) is 2.45. The predicted octanol–water partition coefficient (Wildman–Crippen LogP) is 3.23. The molecule has 0 saturated carbocycles. The Labute approximate surface area is 95.2 Å². The van der Waals surface area contributed by atoms with Gasteiger partial charge in [0.05, 0.1) is 5.56 Å². The van der Waals surface area contributed by atoms with E-state index in [0.29, 0.717) is 15.9 Å². The maximum atomic E-state index is 10.8. The molecule has 2 rings (SSSR count). The molecule has 0 radical (unpaired) electrons. The summed E-state index contributed by atoms with van der Waals surface area (Å²) in [5.74, 6) is 0.497. The van der Waals surface area contributed by atoms with Gasteiger partial charge in [0, 0.05) is 5.56 Å². The highest BCUT2D eigenvalue weighted by Gasteiger charge is 2.14. The Balaban J connectivity index is 2.53. The SMILES string of the molecule is Cc1ccc(-c2onc(Br)c2C=O)cc1. The maximum Gasteiger partial charge on any atom is 0.178 e. The Hall–Kier alpha value is -1.42. The molecule has 0 aliphatic rings. The third-order valence-corrected chi connectivity index (χ3v) is 2.69. The van der Waals surface area contributed by atoms with Crippen molar-refractivity contribution < 1.29 is 9.32 Å². The maximum absolute atomic E-state index is 10.8. The van der Waals surface area contributed by atoms with Gasteiger partial charge in [-0.05, 0) is 22.9 Å². The lowest BCUT2D eigenvalue weighted by Crippen LogP contribution is -1.83. The number of aldehydes is 1. The summed E-state index contributed by atoms with van der Waals surface area (Å²) in [6.45, 7) is 2.00. The van der Waals surface area contributed by atoms with Crippen molar-refractivity contribution in [2.24, 2.45) is 0 Å². The standard InChI is InChI=1S/C11H8BrNO2/c1-7-2-4-8(5-3-7)10-9(6-14)11(12)13-15-10/h2-6H,1H3. The highest BCUT2D eigenvalue weighted by Crippen LogP contribution is 2.27. The molecule has 4 heteroatoms. The molecule has 0 fully saturated rings. The van der Waals surface area contributed by atoms with Gasteiger partial charge in [-0.1, -0.05) is 35.0 Å². The summed E-state index contributed by atoms with van der Waals surface area (Å²) in [6, 6.07) is 7.71. The summed E-state index contributed by atoms with van der Waals surface area (Å²) in [5, 5.41) is 3.70. The summed E-state index contributed by atoms with van der Waals surface area (Å²) >= 11 is 3.15. The minimum Gasteiger partial charge on any atom is -0.354 e. The smallest absolute Gasteiger partial charge is 0.178 e. The average molecular weight is 266 g/mol. The number of halogens is 1. The Morgan fingerprint density at radius 1 is 1.33 bits per heavy atom. The molecule has 1 heterocycles. The lowest BCUT2D eigenvalue weighted by Gasteiger charge is -1.97. The molecule has 0 saturated heterocycles. The van der Waals surface area contributed by atoms with Crippen LogP contribution in [0.2, 0.25) is 0 Å².